The molecule has 0 unspecified atom stereocenters. The number of hydrogen-bond acceptors (Lipinski definition) is 5. The molecule has 2 aliphatic rings. The van der Waals surface area contributed by atoms with Crippen molar-refractivity contribution in [3.05, 3.63) is 24.4 Å². The SMILES string of the molecule is O=C(O)CC1(N2CCNCC2)CCC(CCCNc2ccccn2)CC1. The van der Waals surface area contributed by atoms with Crippen LogP contribution in [0.25, 0.3) is 0 Å². The lowest BCUT2D eigenvalue weighted by molar-refractivity contribution is -0.142. The molecule has 2 heterocycles. The van der Waals surface area contributed by atoms with Crippen molar-refractivity contribution >= 4 is 11.8 Å². The van der Waals surface area contributed by atoms with Gasteiger partial charge in [0.05, 0.1) is 6.42 Å². The Kier molecular flexibility index (Phi) is 6.86. The summed E-state index contributed by atoms with van der Waals surface area (Å²) in [6, 6.07) is 5.91. The molecular weight excluding hydrogens is 328 g/mol. The number of pyridine rings is 1. The molecule has 1 aliphatic heterocycles. The number of hydrogen-bond donors (Lipinski definition) is 3. The highest BCUT2D eigenvalue weighted by atomic mass is 16.4. The molecule has 0 amide bonds. The summed E-state index contributed by atoms with van der Waals surface area (Å²) in [6.07, 6.45) is 8.81. The predicted octanol–water partition coefficient (Wildman–Crippen LogP) is 2.58. The number of carboxylic acids is 1. The number of aliphatic carboxylic acids is 1. The number of carboxylic acid groups (broad SMARTS) is 1. The summed E-state index contributed by atoms with van der Waals surface area (Å²) < 4.78 is 0. The van der Waals surface area contributed by atoms with Crippen molar-refractivity contribution < 1.29 is 9.90 Å². The van der Waals surface area contributed by atoms with Crippen LogP contribution in [0, 0.1) is 5.92 Å². The van der Waals surface area contributed by atoms with Crippen LogP contribution in [0.3, 0.4) is 0 Å². The van der Waals surface area contributed by atoms with Crippen LogP contribution in [0.2, 0.25) is 0 Å². The highest BCUT2D eigenvalue weighted by molar-refractivity contribution is 5.68. The quantitative estimate of drug-likeness (QED) is 0.619. The van der Waals surface area contributed by atoms with E-state index in [9.17, 15) is 9.90 Å². The van der Waals surface area contributed by atoms with Crippen LogP contribution < -0.4 is 10.6 Å². The van der Waals surface area contributed by atoms with Crippen LogP contribution in [-0.4, -0.2) is 59.2 Å². The van der Waals surface area contributed by atoms with E-state index in [4.69, 9.17) is 0 Å². The lowest BCUT2D eigenvalue weighted by Gasteiger charge is -2.49. The Morgan fingerprint density at radius 3 is 2.73 bits per heavy atom. The average molecular weight is 361 g/mol. The summed E-state index contributed by atoms with van der Waals surface area (Å²) >= 11 is 0. The fourth-order valence-electron chi connectivity index (χ4n) is 4.60. The number of nitrogens with one attached hydrogen (secondary N) is 2. The minimum atomic E-state index is -0.651. The van der Waals surface area contributed by atoms with Gasteiger partial charge < -0.3 is 15.7 Å². The summed E-state index contributed by atoms with van der Waals surface area (Å²) in [6.45, 7) is 4.86. The largest absolute Gasteiger partial charge is 0.481 e. The summed E-state index contributed by atoms with van der Waals surface area (Å²) in [5, 5.41) is 16.2. The lowest BCUT2D eigenvalue weighted by atomic mass is 9.72. The second-order valence-corrected chi connectivity index (χ2v) is 7.76. The predicted molar refractivity (Wildman–Crippen MR) is 103 cm³/mol. The molecule has 26 heavy (non-hydrogen) atoms. The molecule has 2 fully saturated rings. The first-order valence-corrected chi connectivity index (χ1v) is 10.0. The maximum atomic E-state index is 11.5. The maximum Gasteiger partial charge on any atom is 0.305 e. The van der Waals surface area contributed by atoms with Crippen LogP contribution in [0.15, 0.2) is 24.4 Å². The van der Waals surface area contributed by atoms with Gasteiger partial charge in [-0.15, -0.1) is 0 Å². The van der Waals surface area contributed by atoms with E-state index in [0.717, 1.165) is 76.6 Å². The third kappa shape index (κ3) is 5.17. The molecule has 1 aromatic heterocycles. The van der Waals surface area contributed by atoms with Gasteiger partial charge in [0, 0.05) is 44.5 Å². The third-order valence-electron chi connectivity index (χ3n) is 6.06. The van der Waals surface area contributed by atoms with E-state index in [2.05, 4.69) is 20.5 Å². The van der Waals surface area contributed by atoms with Crippen molar-refractivity contribution in [2.75, 3.05) is 38.0 Å². The van der Waals surface area contributed by atoms with E-state index >= 15 is 0 Å². The zero-order chi connectivity index (χ0) is 18.2. The monoisotopic (exact) mass is 360 g/mol. The number of aromatic nitrogens is 1. The van der Waals surface area contributed by atoms with Crippen LogP contribution in [-0.2, 0) is 4.79 Å². The van der Waals surface area contributed by atoms with Crippen molar-refractivity contribution in [3.8, 4) is 0 Å². The van der Waals surface area contributed by atoms with Crippen molar-refractivity contribution in [2.45, 2.75) is 50.5 Å². The third-order valence-corrected chi connectivity index (χ3v) is 6.06. The Morgan fingerprint density at radius 2 is 2.08 bits per heavy atom. The van der Waals surface area contributed by atoms with Crippen molar-refractivity contribution in [3.63, 3.8) is 0 Å². The fraction of sp³-hybridized carbons (Fsp3) is 0.700. The van der Waals surface area contributed by atoms with Gasteiger partial charge in [-0.05, 0) is 56.6 Å². The van der Waals surface area contributed by atoms with Gasteiger partial charge in [-0.25, -0.2) is 4.98 Å². The first-order valence-electron chi connectivity index (χ1n) is 10.0. The van der Waals surface area contributed by atoms with E-state index in [1.165, 1.54) is 6.42 Å². The van der Waals surface area contributed by atoms with Gasteiger partial charge in [-0.3, -0.25) is 9.69 Å². The summed E-state index contributed by atoms with van der Waals surface area (Å²) in [5.74, 6) is 1.02. The minimum absolute atomic E-state index is 0.114. The smallest absolute Gasteiger partial charge is 0.305 e. The average Bonchev–Trinajstić information content (AvgIpc) is 2.68. The maximum absolute atomic E-state index is 11.5. The molecule has 1 aromatic rings. The molecule has 0 spiro atoms. The first kappa shape index (κ1) is 19.1. The number of piperazine rings is 1. The molecule has 0 radical (unpaired) electrons. The molecule has 3 rings (SSSR count). The van der Waals surface area contributed by atoms with Crippen LogP contribution in [0.1, 0.15) is 44.9 Å². The fourth-order valence-corrected chi connectivity index (χ4v) is 4.60. The molecule has 6 heteroatoms. The molecule has 1 aliphatic carbocycles. The minimum Gasteiger partial charge on any atom is -0.481 e. The standard InChI is InChI=1S/C20H32N4O2/c25-19(26)16-20(24-14-12-21-13-15-24)8-6-17(7-9-20)4-3-11-23-18-5-1-2-10-22-18/h1-2,5,10,17,21H,3-4,6-9,11-16H2,(H,22,23)(H,25,26). The second-order valence-electron chi connectivity index (χ2n) is 7.76. The Labute approximate surface area is 156 Å². The van der Waals surface area contributed by atoms with E-state index in [1.54, 1.807) is 0 Å². The van der Waals surface area contributed by atoms with E-state index in [0.29, 0.717) is 6.42 Å². The Balaban J connectivity index is 1.44. The number of carbonyl (C=O) groups is 1. The molecular formula is C20H32N4O2. The van der Waals surface area contributed by atoms with E-state index in [1.807, 2.05) is 24.4 Å². The van der Waals surface area contributed by atoms with Crippen molar-refractivity contribution in [1.29, 1.82) is 0 Å². The van der Waals surface area contributed by atoms with Gasteiger partial charge in [-0.1, -0.05) is 6.07 Å². The van der Waals surface area contributed by atoms with Gasteiger partial charge in [0.2, 0.25) is 0 Å². The van der Waals surface area contributed by atoms with Crippen LogP contribution >= 0.6 is 0 Å². The lowest BCUT2D eigenvalue weighted by Crippen LogP contribution is -2.58. The van der Waals surface area contributed by atoms with Crippen LogP contribution in [0.4, 0.5) is 5.82 Å². The molecule has 144 valence electrons. The molecule has 0 bridgehead atoms. The molecule has 0 aromatic carbocycles. The zero-order valence-electron chi connectivity index (χ0n) is 15.6. The van der Waals surface area contributed by atoms with E-state index < -0.39 is 5.97 Å². The normalized spacial score (nSPS) is 27.2. The number of rotatable bonds is 8. The van der Waals surface area contributed by atoms with Gasteiger partial charge >= 0.3 is 5.97 Å². The number of anilines is 1. The Bertz CT molecular complexity index is 552. The highest BCUT2D eigenvalue weighted by Gasteiger charge is 2.42. The second kappa shape index (κ2) is 9.33. The van der Waals surface area contributed by atoms with Gasteiger partial charge in [0.15, 0.2) is 0 Å². The first-order chi connectivity index (χ1) is 12.7. The van der Waals surface area contributed by atoms with Crippen LogP contribution in [0.5, 0.6) is 0 Å². The summed E-state index contributed by atoms with van der Waals surface area (Å²) in [4.78, 5) is 18.2. The summed E-state index contributed by atoms with van der Waals surface area (Å²) in [7, 11) is 0. The number of nitrogens with zero attached hydrogens (tertiary/aromatic N) is 2. The zero-order valence-corrected chi connectivity index (χ0v) is 15.6. The van der Waals surface area contributed by atoms with Crippen molar-refractivity contribution in [2.24, 2.45) is 5.92 Å². The van der Waals surface area contributed by atoms with Gasteiger partial charge in [-0.2, -0.15) is 0 Å². The molecule has 3 N–H and O–H groups in total. The molecule has 0 atom stereocenters. The molecule has 6 nitrogen and oxygen atoms in total. The Hall–Kier alpha value is -1.66. The van der Waals surface area contributed by atoms with E-state index in [-0.39, 0.29) is 5.54 Å². The topological polar surface area (TPSA) is 77.5 Å². The van der Waals surface area contributed by atoms with Crippen molar-refractivity contribution in [1.82, 2.24) is 15.2 Å². The van der Waals surface area contributed by atoms with Gasteiger partial charge in [0.1, 0.15) is 5.82 Å². The Morgan fingerprint density at radius 1 is 1.31 bits per heavy atom. The summed E-state index contributed by atoms with van der Waals surface area (Å²) in [5.41, 5.74) is -0.114. The van der Waals surface area contributed by atoms with Gasteiger partial charge in [0.25, 0.3) is 0 Å². The molecule has 1 saturated carbocycles. The highest BCUT2D eigenvalue weighted by Crippen LogP contribution is 2.40. The molecule has 1 saturated heterocycles.